The Kier molecular flexibility index (Phi) is 4.36. The van der Waals surface area contributed by atoms with Crippen LogP contribution in [0.15, 0.2) is 18.2 Å². The van der Waals surface area contributed by atoms with E-state index in [-0.39, 0.29) is 29.8 Å². The van der Waals surface area contributed by atoms with E-state index in [0.717, 1.165) is 38.8 Å². The molecule has 0 aromatic heterocycles. The summed E-state index contributed by atoms with van der Waals surface area (Å²) in [5, 5.41) is 0. The van der Waals surface area contributed by atoms with Crippen molar-refractivity contribution >= 4 is 17.6 Å². The Labute approximate surface area is 146 Å². The van der Waals surface area contributed by atoms with Crippen LogP contribution in [0.25, 0.3) is 0 Å². The van der Waals surface area contributed by atoms with Crippen LogP contribution in [0.4, 0.5) is 10.1 Å². The average Bonchev–Trinajstić information content (AvgIpc) is 3.15. The molecule has 1 aromatic rings. The molecule has 1 aromatic carbocycles. The lowest BCUT2D eigenvalue weighted by Gasteiger charge is -2.18. The zero-order chi connectivity index (χ0) is 17.4. The van der Waals surface area contributed by atoms with E-state index in [4.69, 9.17) is 4.74 Å². The number of anilines is 1. The molecular formula is C19H23FN2O3. The van der Waals surface area contributed by atoms with E-state index >= 15 is 0 Å². The van der Waals surface area contributed by atoms with Gasteiger partial charge in [0.1, 0.15) is 5.82 Å². The Morgan fingerprint density at radius 2 is 2.00 bits per heavy atom. The first kappa shape index (κ1) is 16.4. The maximum absolute atomic E-state index is 14.3. The molecule has 0 spiro atoms. The molecule has 0 unspecified atom stereocenters. The summed E-state index contributed by atoms with van der Waals surface area (Å²) in [5.41, 5.74) is 0.777. The third-order valence-electron chi connectivity index (χ3n) is 5.31. The first-order valence-corrected chi connectivity index (χ1v) is 9.13. The van der Waals surface area contributed by atoms with E-state index in [9.17, 15) is 14.0 Å². The molecule has 6 heteroatoms. The molecule has 25 heavy (non-hydrogen) atoms. The number of nitrogens with zero attached hydrogens (tertiary/aromatic N) is 2. The van der Waals surface area contributed by atoms with Crippen LogP contribution in [0, 0.1) is 11.7 Å². The van der Waals surface area contributed by atoms with Crippen LogP contribution >= 0.6 is 0 Å². The fraction of sp³-hybridized carbons (Fsp3) is 0.579. The van der Waals surface area contributed by atoms with E-state index in [0.29, 0.717) is 24.7 Å². The van der Waals surface area contributed by atoms with Gasteiger partial charge in [0.15, 0.2) is 0 Å². The summed E-state index contributed by atoms with van der Waals surface area (Å²) in [5.74, 6) is -0.702. The zero-order valence-electron chi connectivity index (χ0n) is 14.2. The molecule has 0 N–H and O–H groups in total. The van der Waals surface area contributed by atoms with Crippen molar-refractivity contribution in [1.82, 2.24) is 4.90 Å². The summed E-state index contributed by atoms with van der Waals surface area (Å²) in [6.07, 6.45) is 4.75. The second-order valence-electron chi connectivity index (χ2n) is 7.31. The number of amides is 1. The van der Waals surface area contributed by atoms with Crippen molar-refractivity contribution in [1.29, 1.82) is 0 Å². The molecule has 2 aliphatic heterocycles. The lowest BCUT2D eigenvalue weighted by Crippen LogP contribution is -2.28. The van der Waals surface area contributed by atoms with Gasteiger partial charge >= 0.3 is 5.97 Å². The minimum Gasteiger partial charge on any atom is -0.462 e. The molecule has 3 aliphatic rings. The van der Waals surface area contributed by atoms with Crippen LogP contribution in [0.5, 0.6) is 0 Å². The average molecular weight is 346 g/mol. The summed E-state index contributed by atoms with van der Waals surface area (Å²) in [4.78, 5) is 28.0. The van der Waals surface area contributed by atoms with Gasteiger partial charge in [-0.3, -0.25) is 4.79 Å². The molecule has 1 saturated carbocycles. The Bertz CT molecular complexity index is 683. The number of esters is 1. The van der Waals surface area contributed by atoms with Gasteiger partial charge < -0.3 is 14.5 Å². The van der Waals surface area contributed by atoms with Crippen molar-refractivity contribution < 1.29 is 18.7 Å². The highest BCUT2D eigenvalue weighted by molar-refractivity contribution is 5.90. The lowest BCUT2D eigenvalue weighted by molar-refractivity contribution is -0.128. The van der Waals surface area contributed by atoms with Gasteiger partial charge in [-0.25, -0.2) is 9.18 Å². The van der Waals surface area contributed by atoms with Gasteiger partial charge in [0.2, 0.25) is 5.91 Å². The molecule has 4 rings (SSSR count). The Morgan fingerprint density at radius 1 is 1.24 bits per heavy atom. The summed E-state index contributed by atoms with van der Waals surface area (Å²) < 4.78 is 19.6. The second-order valence-corrected chi connectivity index (χ2v) is 7.31. The largest absolute Gasteiger partial charge is 0.462 e. The molecule has 0 bridgehead atoms. The van der Waals surface area contributed by atoms with Crippen LogP contribution in [0.3, 0.4) is 0 Å². The molecular weight excluding hydrogens is 323 g/mol. The number of rotatable bonds is 5. The van der Waals surface area contributed by atoms with E-state index < -0.39 is 5.97 Å². The minimum absolute atomic E-state index is 0.0470. The number of halogens is 1. The predicted octanol–water partition coefficient (Wildman–Crippen LogP) is 2.59. The molecule has 2 saturated heterocycles. The molecule has 5 nitrogen and oxygen atoms in total. The van der Waals surface area contributed by atoms with Crippen LogP contribution < -0.4 is 4.90 Å². The van der Waals surface area contributed by atoms with Gasteiger partial charge in [-0.1, -0.05) is 0 Å². The monoisotopic (exact) mass is 346 g/mol. The minimum atomic E-state index is -0.524. The van der Waals surface area contributed by atoms with Crippen molar-refractivity contribution in [3.05, 3.63) is 29.6 Å². The number of hydrogen-bond donors (Lipinski definition) is 0. The second kappa shape index (κ2) is 6.65. The SMILES string of the molecule is O=C(OC[C@@H]1CC(=O)N(C2CC2)C1)c1ccc(N2CCCC2)c(F)c1. The molecule has 134 valence electrons. The third-order valence-corrected chi connectivity index (χ3v) is 5.31. The van der Waals surface area contributed by atoms with Crippen molar-refractivity contribution in [2.24, 2.45) is 5.92 Å². The predicted molar refractivity (Wildman–Crippen MR) is 91.0 cm³/mol. The van der Waals surface area contributed by atoms with Gasteiger partial charge in [-0.05, 0) is 43.9 Å². The fourth-order valence-corrected chi connectivity index (χ4v) is 3.78. The Hall–Kier alpha value is -2.11. The molecule has 1 amide bonds. The number of likely N-dealkylation sites (tertiary alicyclic amines) is 1. The van der Waals surface area contributed by atoms with Gasteiger partial charge in [-0.15, -0.1) is 0 Å². The zero-order valence-corrected chi connectivity index (χ0v) is 14.2. The summed E-state index contributed by atoms with van der Waals surface area (Å²) in [7, 11) is 0. The number of hydrogen-bond acceptors (Lipinski definition) is 4. The van der Waals surface area contributed by atoms with Gasteiger partial charge in [0.05, 0.1) is 17.9 Å². The normalized spacial score (nSPS) is 23.4. The van der Waals surface area contributed by atoms with Gasteiger partial charge in [0, 0.05) is 38.0 Å². The lowest BCUT2D eigenvalue weighted by atomic mass is 10.1. The molecule has 1 atom stereocenters. The van der Waals surface area contributed by atoms with Crippen molar-refractivity contribution in [3.8, 4) is 0 Å². The highest BCUT2D eigenvalue weighted by Crippen LogP contribution is 2.32. The molecule has 1 aliphatic carbocycles. The maximum atomic E-state index is 14.3. The van der Waals surface area contributed by atoms with Gasteiger partial charge in [0.25, 0.3) is 0 Å². The van der Waals surface area contributed by atoms with Crippen LogP contribution in [0.2, 0.25) is 0 Å². The molecule has 0 radical (unpaired) electrons. The first-order chi connectivity index (χ1) is 12.1. The van der Waals surface area contributed by atoms with Crippen molar-refractivity contribution in [2.75, 3.05) is 31.1 Å². The van der Waals surface area contributed by atoms with Crippen molar-refractivity contribution in [2.45, 2.75) is 38.1 Å². The quantitative estimate of drug-likeness (QED) is 0.769. The number of benzene rings is 1. The van der Waals surface area contributed by atoms with Gasteiger partial charge in [-0.2, -0.15) is 0 Å². The number of carbonyl (C=O) groups is 2. The van der Waals surface area contributed by atoms with Crippen LogP contribution in [0.1, 0.15) is 42.5 Å². The molecule has 2 heterocycles. The number of ether oxygens (including phenoxy) is 1. The smallest absolute Gasteiger partial charge is 0.338 e. The first-order valence-electron chi connectivity index (χ1n) is 9.13. The highest BCUT2D eigenvalue weighted by atomic mass is 19.1. The Morgan fingerprint density at radius 3 is 2.68 bits per heavy atom. The Balaban J connectivity index is 1.33. The summed E-state index contributed by atoms with van der Waals surface area (Å²) in [6, 6.07) is 4.94. The van der Waals surface area contributed by atoms with E-state index in [1.807, 2.05) is 9.80 Å². The van der Waals surface area contributed by atoms with E-state index in [1.165, 1.54) is 6.07 Å². The fourth-order valence-electron chi connectivity index (χ4n) is 3.78. The summed E-state index contributed by atoms with van der Waals surface area (Å²) >= 11 is 0. The highest BCUT2D eigenvalue weighted by Gasteiger charge is 2.39. The van der Waals surface area contributed by atoms with E-state index in [1.54, 1.807) is 12.1 Å². The maximum Gasteiger partial charge on any atom is 0.338 e. The molecule has 3 fully saturated rings. The third kappa shape index (κ3) is 3.48. The standard InChI is InChI=1S/C19H23FN2O3/c20-16-10-14(3-6-17(16)21-7-1-2-8-21)19(24)25-12-13-9-18(23)22(11-13)15-4-5-15/h3,6,10,13,15H,1-2,4-5,7-9,11-12H2/t13-/m1/s1. The van der Waals surface area contributed by atoms with Crippen LogP contribution in [-0.2, 0) is 9.53 Å². The van der Waals surface area contributed by atoms with E-state index in [2.05, 4.69) is 0 Å². The summed E-state index contributed by atoms with van der Waals surface area (Å²) in [6.45, 7) is 2.59. The van der Waals surface area contributed by atoms with Crippen LogP contribution in [-0.4, -0.2) is 49.1 Å². The number of carbonyl (C=O) groups excluding carboxylic acids is 2. The van der Waals surface area contributed by atoms with Crippen molar-refractivity contribution in [3.63, 3.8) is 0 Å². The topological polar surface area (TPSA) is 49.9 Å².